The van der Waals surface area contributed by atoms with Crippen LogP contribution in [0.1, 0.15) is 17.2 Å². The molecule has 2 heterocycles. The highest BCUT2D eigenvalue weighted by Crippen LogP contribution is 2.26. The zero-order chi connectivity index (χ0) is 12.4. The Morgan fingerprint density at radius 1 is 1.17 bits per heavy atom. The van der Waals surface area contributed by atoms with Crippen molar-refractivity contribution in [1.82, 2.24) is 15.4 Å². The van der Waals surface area contributed by atoms with Crippen LogP contribution in [0.15, 0.2) is 53.6 Å². The summed E-state index contributed by atoms with van der Waals surface area (Å²) < 4.78 is 5.10. The van der Waals surface area contributed by atoms with Crippen LogP contribution in [0.2, 0.25) is 0 Å². The maximum absolute atomic E-state index is 5.65. The molecule has 5 heteroatoms. The van der Waals surface area contributed by atoms with Crippen molar-refractivity contribution in [3.05, 3.63) is 60.3 Å². The Hall–Kier alpha value is -2.24. The first-order valence-electron chi connectivity index (χ1n) is 5.58. The quantitative estimate of drug-likeness (QED) is 0.539. The van der Waals surface area contributed by atoms with Gasteiger partial charge in [0.1, 0.15) is 0 Å². The van der Waals surface area contributed by atoms with Crippen LogP contribution in [0.4, 0.5) is 0 Å². The van der Waals surface area contributed by atoms with Crippen LogP contribution in [-0.4, -0.2) is 9.97 Å². The van der Waals surface area contributed by atoms with Crippen LogP contribution in [-0.2, 0) is 0 Å². The van der Waals surface area contributed by atoms with E-state index in [1.165, 1.54) is 0 Å². The summed E-state index contributed by atoms with van der Waals surface area (Å²) in [5, 5.41) is 0. The van der Waals surface area contributed by atoms with Crippen LogP contribution in [0.5, 0.6) is 0 Å². The molecule has 5 nitrogen and oxygen atoms in total. The third kappa shape index (κ3) is 1.75. The minimum Gasteiger partial charge on any atom is -0.472 e. The summed E-state index contributed by atoms with van der Waals surface area (Å²) in [5.41, 5.74) is 6.40. The van der Waals surface area contributed by atoms with Gasteiger partial charge in [0.25, 0.3) is 0 Å². The molecule has 0 aliphatic rings. The lowest BCUT2D eigenvalue weighted by Gasteiger charge is -2.15. The zero-order valence-corrected chi connectivity index (χ0v) is 9.58. The maximum Gasteiger partial charge on any atom is 0.0954 e. The number of nitrogens with zero attached hydrogens (tertiary/aromatic N) is 2. The van der Waals surface area contributed by atoms with Crippen molar-refractivity contribution < 1.29 is 4.42 Å². The number of nitrogens with one attached hydrogen (secondary N) is 1. The fourth-order valence-corrected chi connectivity index (χ4v) is 2.05. The van der Waals surface area contributed by atoms with E-state index in [-0.39, 0.29) is 6.04 Å². The number of para-hydroxylation sites is 1. The molecule has 0 aliphatic heterocycles. The van der Waals surface area contributed by atoms with Crippen molar-refractivity contribution in [2.24, 2.45) is 5.84 Å². The van der Waals surface area contributed by atoms with E-state index in [4.69, 9.17) is 10.3 Å². The normalized spacial score (nSPS) is 12.7. The van der Waals surface area contributed by atoms with E-state index in [2.05, 4.69) is 15.4 Å². The average molecular weight is 240 g/mol. The van der Waals surface area contributed by atoms with Gasteiger partial charge in [0.05, 0.1) is 29.6 Å². The van der Waals surface area contributed by atoms with Gasteiger partial charge in [-0.05, 0) is 12.1 Å². The fraction of sp³-hybridized carbons (Fsp3) is 0.0769. The van der Waals surface area contributed by atoms with E-state index in [0.29, 0.717) is 0 Å². The molecule has 0 spiro atoms. The fourth-order valence-electron chi connectivity index (χ4n) is 2.05. The number of aromatic nitrogens is 2. The van der Waals surface area contributed by atoms with E-state index in [0.717, 1.165) is 22.2 Å². The van der Waals surface area contributed by atoms with Crippen molar-refractivity contribution in [3.8, 4) is 0 Å². The average Bonchev–Trinajstić information content (AvgIpc) is 2.94. The van der Waals surface area contributed by atoms with E-state index in [9.17, 15) is 0 Å². The van der Waals surface area contributed by atoms with Crippen molar-refractivity contribution in [2.45, 2.75) is 6.04 Å². The number of furan rings is 1. The number of fused-ring (bicyclic) bond motifs is 1. The molecule has 0 aliphatic carbocycles. The molecule has 1 atom stereocenters. The molecular weight excluding hydrogens is 228 g/mol. The predicted octanol–water partition coefficient (Wildman–Crippen LogP) is 1.78. The first-order chi connectivity index (χ1) is 8.90. The first kappa shape index (κ1) is 10.9. The number of hydrazine groups is 1. The van der Waals surface area contributed by atoms with Crippen molar-refractivity contribution in [2.75, 3.05) is 0 Å². The van der Waals surface area contributed by atoms with Crippen LogP contribution in [0.25, 0.3) is 11.0 Å². The smallest absolute Gasteiger partial charge is 0.0954 e. The van der Waals surface area contributed by atoms with Crippen LogP contribution < -0.4 is 11.3 Å². The molecule has 3 rings (SSSR count). The summed E-state index contributed by atoms with van der Waals surface area (Å²) in [5.74, 6) is 5.65. The van der Waals surface area contributed by atoms with E-state index >= 15 is 0 Å². The Morgan fingerprint density at radius 2 is 2.06 bits per heavy atom. The molecule has 2 aromatic heterocycles. The van der Waals surface area contributed by atoms with Crippen molar-refractivity contribution >= 4 is 11.0 Å². The van der Waals surface area contributed by atoms with Gasteiger partial charge < -0.3 is 4.42 Å². The van der Waals surface area contributed by atoms with Gasteiger partial charge in [-0.15, -0.1) is 0 Å². The van der Waals surface area contributed by atoms with Crippen LogP contribution in [0.3, 0.4) is 0 Å². The highest BCUT2D eigenvalue weighted by molar-refractivity contribution is 5.78. The molecule has 0 saturated heterocycles. The van der Waals surface area contributed by atoms with Gasteiger partial charge in [-0.25, -0.2) is 5.43 Å². The number of benzene rings is 1. The summed E-state index contributed by atoms with van der Waals surface area (Å²) in [6, 6.07) is 7.56. The standard InChI is InChI=1S/C13H12N4O/c14-17-12(9-4-7-18-8-9)10-2-1-3-11-13(10)16-6-5-15-11/h1-8,12,17H,14H2. The largest absolute Gasteiger partial charge is 0.472 e. The minimum atomic E-state index is -0.163. The van der Waals surface area contributed by atoms with Gasteiger partial charge >= 0.3 is 0 Å². The molecule has 1 unspecified atom stereocenters. The molecule has 90 valence electrons. The molecule has 0 fully saturated rings. The van der Waals surface area contributed by atoms with Gasteiger partial charge in [-0.3, -0.25) is 15.8 Å². The first-order valence-corrected chi connectivity index (χ1v) is 5.58. The van der Waals surface area contributed by atoms with Crippen LogP contribution in [0, 0.1) is 0 Å². The number of hydrogen-bond acceptors (Lipinski definition) is 5. The Labute approximate surface area is 104 Å². The third-order valence-corrected chi connectivity index (χ3v) is 2.88. The molecule has 0 saturated carbocycles. The monoisotopic (exact) mass is 240 g/mol. The Morgan fingerprint density at radius 3 is 2.83 bits per heavy atom. The molecule has 1 aromatic carbocycles. The highest BCUT2D eigenvalue weighted by atomic mass is 16.3. The lowest BCUT2D eigenvalue weighted by molar-refractivity contribution is 0.553. The Kier molecular flexibility index (Phi) is 2.76. The topological polar surface area (TPSA) is 77.0 Å². The summed E-state index contributed by atoms with van der Waals surface area (Å²) >= 11 is 0. The van der Waals surface area contributed by atoms with Gasteiger partial charge in [0.2, 0.25) is 0 Å². The second-order valence-electron chi connectivity index (χ2n) is 3.93. The van der Waals surface area contributed by atoms with Gasteiger partial charge in [0, 0.05) is 23.5 Å². The number of rotatable bonds is 3. The number of hydrogen-bond donors (Lipinski definition) is 2. The summed E-state index contributed by atoms with van der Waals surface area (Å²) in [6.45, 7) is 0. The van der Waals surface area contributed by atoms with Crippen molar-refractivity contribution in [3.63, 3.8) is 0 Å². The Balaban J connectivity index is 2.18. The van der Waals surface area contributed by atoms with E-state index in [1.807, 2.05) is 24.3 Å². The summed E-state index contributed by atoms with van der Waals surface area (Å²) in [6.07, 6.45) is 6.64. The third-order valence-electron chi connectivity index (χ3n) is 2.88. The van der Waals surface area contributed by atoms with E-state index in [1.54, 1.807) is 24.9 Å². The minimum absolute atomic E-state index is 0.163. The lowest BCUT2D eigenvalue weighted by Crippen LogP contribution is -2.28. The SMILES string of the molecule is NNC(c1ccoc1)c1cccc2nccnc12. The second-order valence-corrected chi connectivity index (χ2v) is 3.93. The zero-order valence-electron chi connectivity index (χ0n) is 9.58. The molecule has 0 bridgehead atoms. The lowest BCUT2D eigenvalue weighted by atomic mass is 10.0. The number of nitrogens with two attached hydrogens (primary N) is 1. The van der Waals surface area contributed by atoms with Gasteiger partial charge in [0.15, 0.2) is 0 Å². The molecule has 0 radical (unpaired) electrons. The molecule has 3 aromatic rings. The van der Waals surface area contributed by atoms with Crippen LogP contribution >= 0.6 is 0 Å². The molecule has 3 N–H and O–H groups in total. The maximum atomic E-state index is 5.65. The molecule has 18 heavy (non-hydrogen) atoms. The van der Waals surface area contributed by atoms with Gasteiger partial charge in [-0.1, -0.05) is 12.1 Å². The Bertz CT molecular complexity index is 646. The predicted molar refractivity (Wildman–Crippen MR) is 67.4 cm³/mol. The molecular formula is C13H12N4O. The highest BCUT2D eigenvalue weighted by Gasteiger charge is 2.17. The van der Waals surface area contributed by atoms with Crippen molar-refractivity contribution in [1.29, 1.82) is 0 Å². The van der Waals surface area contributed by atoms with E-state index < -0.39 is 0 Å². The summed E-state index contributed by atoms with van der Waals surface area (Å²) in [4.78, 5) is 8.66. The molecule has 0 amide bonds. The summed E-state index contributed by atoms with van der Waals surface area (Å²) in [7, 11) is 0. The van der Waals surface area contributed by atoms with Gasteiger partial charge in [-0.2, -0.15) is 0 Å². The second kappa shape index (κ2) is 4.56.